The van der Waals surface area contributed by atoms with Crippen LogP contribution >= 0.6 is 0 Å². The summed E-state index contributed by atoms with van der Waals surface area (Å²) >= 11 is 0. The highest BCUT2D eigenvalue weighted by Crippen LogP contribution is 2.41. The normalized spacial score (nSPS) is 11.0. The molecule has 3 aromatic heterocycles. The zero-order chi connectivity index (χ0) is 39.7. The first-order chi connectivity index (χ1) is 29.1. The minimum Gasteiger partial charge on any atom is -0.308 e. The molecule has 274 valence electrons. The summed E-state index contributed by atoms with van der Waals surface area (Å²) in [5, 5.41) is 21.2. The number of fused-ring (bicyclic) bond motifs is 3. The van der Waals surface area contributed by atoms with Crippen LogP contribution in [0.4, 0.5) is 0 Å². The Bertz CT molecular complexity index is 3080. The number of hydrogen-bond acceptors (Lipinski definition) is 6. The van der Waals surface area contributed by atoms with Crippen LogP contribution in [0.25, 0.3) is 95.0 Å². The van der Waals surface area contributed by atoms with Gasteiger partial charge in [0.2, 0.25) is 0 Å². The molecule has 0 N–H and O–H groups in total. The van der Waals surface area contributed by atoms with Gasteiger partial charge in [-0.1, -0.05) is 115 Å². The zero-order valence-corrected chi connectivity index (χ0v) is 31.5. The maximum Gasteiger partial charge on any atom is 0.166 e. The van der Waals surface area contributed by atoms with Crippen molar-refractivity contribution in [2.24, 2.45) is 0 Å². The van der Waals surface area contributed by atoms with Crippen LogP contribution < -0.4 is 0 Å². The second-order valence-electron chi connectivity index (χ2n) is 14.2. The second kappa shape index (κ2) is 14.9. The second-order valence-corrected chi connectivity index (χ2v) is 14.2. The van der Waals surface area contributed by atoms with E-state index in [1.54, 1.807) is 12.4 Å². The Balaban J connectivity index is 1.29. The lowest BCUT2D eigenvalue weighted by molar-refractivity contribution is 1.06. The smallest absolute Gasteiger partial charge is 0.166 e. The van der Waals surface area contributed by atoms with Crippen LogP contribution in [0.1, 0.15) is 11.1 Å². The lowest BCUT2D eigenvalue weighted by Gasteiger charge is -2.17. The minimum atomic E-state index is 0.533. The van der Waals surface area contributed by atoms with Crippen molar-refractivity contribution in [3.63, 3.8) is 0 Å². The van der Waals surface area contributed by atoms with Crippen molar-refractivity contribution in [3.8, 4) is 85.4 Å². The molecule has 7 heteroatoms. The lowest BCUT2D eigenvalue weighted by Crippen LogP contribution is -2.04. The topological polar surface area (TPSA) is 104 Å². The average molecular weight is 754 g/mol. The summed E-state index contributed by atoms with van der Waals surface area (Å²) in [6.45, 7) is 0. The molecule has 0 saturated carbocycles. The monoisotopic (exact) mass is 753 g/mol. The van der Waals surface area contributed by atoms with Crippen molar-refractivity contribution >= 4 is 21.8 Å². The molecule has 0 atom stereocenters. The molecule has 0 aliphatic heterocycles. The quantitative estimate of drug-likeness (QED) is 0.160. The van der Waals surface area contributed by atoms with E-state index >= 15 is 0 Å². The summed E-state index contributed by atoms with van der Waals surface area (Å²) < 4.78 is 2.31. The van der Waals surface area contributed by atoms with Gasteiger partial charge in [0.25, 0.3) is 0 Å². The van der Waals surface area contributed by atoms with E-state index in [9.17, 15) is 10.5 Å². The van der Waals surface area contributed by atoms with Gasteiger partial charge in [-0.15, -0.1) is 0 Å². The molecule has 0 spiro atoms. The molecule has 10 rings (SSSR count). The first-order valence-electron chi connectivity index (χ1n) is 19.1. The highest BCUT2D eigenvalue weighted by atomic mass is 15.1. The molecule has 10 aromatic rings. The number of rotatable bonds is 7. The van der Waals surface area contributed by atoms with Crippen molar-refractivity contribution in [1.29, 1.82) is 10.5 Å². The van der Waals surface area contributed by atoms with Crippen molar-refractivity contribution < 1.29 is 0 Å². The fourth-order valence-corrected chi connectivity index (χ4v) is 7.67. The van der Waals surface area contributed by atoms with Crippen molar-refractivity contribution in [2.75, 3.05) is 0 Å². The Morgan fingerprint density at radius 2 is 0.797 bits per heavy atom. The van der Waals surface area contributed by atoms with Crippen LogP contribution in [0.3, 0.4) is 0 Å². The number of nitriles is 2. The van der Waals surface area contributed by atoms with Crippen LogP contribution in [0, 0.1) is 22.7 Å². The number of aromatic nitrogens is 5. The van der Waals surface area contributed by atoms with Crippen molar-refractivity contribution in [3.05, 3.63) is 199 Å². The molecule has 59 heavy (non-hydrogen) atoms. The molecule has 0 aliphatic carbocycles. The number of benzene rings is 7. The van der Waals surface area contributed by atoms with Gasteiger partial charge in [-0.3, -0.25) is 4.98 Å². The summed E-state index contributed by atoms with van der Waals surface area (Å²) in [6.07, 6.45) is 3.60. The van der Waals surface area contributed by atoms with Gasteiger partial charge in [0, 0.05) is 39.9 Å². The Kier molecular flexibility index (Phi) is 8.80. The first-order valence-corrected chi connectivity index (χ1v) is 19.1. The van der Waals surface area contributed by atoms with Gasteiger partial charge < -0.3 is 4.57 Å². The molecule has 7 aromatic carbocycles. The number of nitrogens with zero attached hydrogens (tertiary/aromatic N) is 7. The lowest BCUT2D eigenvalue weighted by atomic mass is 10.0. The highest BCUT2D eigenvalue weighted by molar-refractivity contribution is 6.11. The van der Waals surface area contributed by atoms with Gasteiger partial charge in [-0.25, -0.2) is 15.0 Å². The molecule has 0 fully saturated rings. The van der Waals surface area contributed by atoms with Crippen LogP contribution in [-0.2, 0) is 0 Å². The molecule has 0 amide bonds. The predicted octanol–water partition coefficient (Wildman–Crippen LogP) is 12.1. The highest BCUT2D eigenvalue weighted by Gasteiger charge is 2.21. The minimum absolute atomic E-state index is 0.533. The van der Waals surface area contributed by atoms with E-state index in [4.69, 9.17) is 15.0 Å². The summed E-state index contributed by atoms with van der Waals surface area (Å²) in [7, 11) is 0. The Labute approximate surface area is 340 Å². The van der Waals surface area contributed by atoms with Gasteiger partial charge in [-0.2, -0.15) is 10.5 Å². The van der Waals surface area contributed by atoms with Gasteiger partial charge in [-0.05, 0) is 94.0 Å². The SMILES string of the molecule is N#Cc1ccc(-c2ccc3c4ccc(-c5ccc(C#N)cc5)cc4n(-c4ccc(-c5ccncc5)cc4-c4nc(-c5ccccc5)nc(-c5ccccc5)n4)c3c2)cc1. The third-order valence-corrected chi connectivity index (χ3v) is 10.7. The molecule has 0 radical (unpaired) electrons. The zero-order valence-electron chi connectivity index (χ0n) is 31.5. The fourth-order valence-electron chi connectivity index (χ4n) is 7.67. The first kappa shape index (κ1) is 34.9. The van der Waals surface area contributed by atoms with Crippen LogP contribution in [0.2, 0.25) is 0 Å². The van der Waals surface area contributed by atoms with Gasteiger partial charge in [0.15, 0.2) is 17.5 Å². The van der Waals surface area contributed by atoms with E-state index in [2.05, 4.69) is 76.3 Å². The molecule has 0 unspecified atom stereocenters. The summed E-state index contributed by atoms with van der Waals surface area (Å²) in [6, 6.07) is 63.4. The molecule has 3 heterocycles. The van der Waals surface area contributed by atoms with Crippen LogP contribution in [-0.4, -0.2) is 24.5 Å². The van der Waals surface area contributed by atoms with E-state index in [0.29, 0.717) is 28.6 Å². The Morgan fingerprint density at radius 3 is 1.29 bits per heavy atom. The number of pyridine rings is 1. The third kappa shape index (κ3) is 6.55. The van der Waals surface area contributed by atoms with E-state index in [1.807, 2.05) is 121 Å². The van der Waals surface area contributed by atoms with Crippen LogP contribution in [0.15, 0.2) is 188 Å². The molecule has 0 bridgehead atoms. The molecule has 0 saturated heterocycles. The van der Waals surface area contributed by atoms with Crippen molar-refractivity contribution in [1.82, 2.24) is 24.5 Å². The maximum absolute atomic E-state index is 9.51. The Morgan fingerprint density at radius 1 is 0.373 bits per heavy atom. The standard InChI is InChI=1S/C52H31N7/c53-32-34-11-15-36(16-12-34)42-19-22-44-45-23-20-43(37-17-13-35(33-54)14-18-37)31-49(45)59(48(44)30-42)47-24-21-41(38-25-27-55-28-26-38)29-46(47)52-57-50(39-7-3-1-4-8-39)56-51(58-52)40-9-5-2-6-10-40/h1-31H. The summed E-state index contributed by atoms with van der Waals surface area (Å²) in [5.41, 5.74) is 12.8. The van der Waals surface area contributed by atoms with E-state index in [0.717, 1.165) is 77.6 Å². The number of hydrogen-bond donors (Lipinski definition) is 0. The van der Waals surface area contributed by atoms with E-state index < -0.39 is 0 Å². The van der Waals surface area contributed by atoms with Gasteiger partial charge in [0.1, 0.15) is 0 Å². The van der Waals surface area contributed by atoms with E-state index in [-0.39, 0.29) is 0 Å². The molecule has 7 nitrogen and oxygen atoms in total. The largest absolute Gasteiger partial charge is 0.308 e. The van der Waals surface area contributed by atoms with Gasteiger partial charge >= 0.3 is 0 Å². The van der Waals surface area contributed by atoms with Gasteiger partial charge in [0.05, 0.1) is 40.0 Å². The molecule has 0 aliphatic rings. The Hall–Kier alpha value is -8.52. The predicted molar refractivity (Wildman–Crippen MR) is 234 cm³/mol. The maximum atomic E-state index is 9.51. The van der Waals surface area contributed by atoms with Crippen molar-refractivity contribution in [2.45, 2.75) is 0 Å². The average Bonchev–Trinajstić information content (AvgIpc) is 3.64. The summed E-state index contributed by atoms with van der Waals surface area (Å²) in [5.74, 6) is 1.68. The summed E-state index contributed by atoms with van der Waals surface area (Å²) in [4.78, 5) is 19.7. The van der Waals surface area contributed by atoms with E-state index in [1.165, 1.54) is 0 Å². The molecular formula is C52H31N7. The fraction of sp³-hybridized carbons (Fsp3) is 0. The molecular weight excluding hydrogens is 723 g/mol. The van der Waals surface area contributed by atoms with Crippen LogP contribution in [0.5, 0.6) is 0 Å². The third-order valence-electron chi connectivity index (χ3n) is 10.7.